The van der Waals surface area contributed by atoms with E-state index in [9.17, 15) is 4.79 Å². The van der Waals surface area contributed by atoms with Gasteiger partial charge in [0, 0.05) is 17.1 Å². The first-order chi connectivity index (χ1) is 13.4. The van der Waals surface area contributed by atoms with Crippen molar-refractivity contribution in [1.82, 2.24) is 10.2 Å². The van der Waals surface area contributed by atoms with Gasteiger partial charge in [-0.3, -0.25) is 9.69 Å². The van der Waals surface area contributed by atoms with Crippen LogP contribution in [0, 0.1) is 0 Å². The maximum absolute atomic E-state index is 12.4. The summed E-state index contributed by atoms with van der Waals surface area (Å²) >= 11 is 17.3. The summed E-state index contributed by atoms with van der Waals surface area (Å²) in [6.45, 7) is 2.63. The molecule has 5 nitrogen and oxygen atoms in total. The van der Waals surface area contributed by atoms with Gasteiger partial charge in [-0.1, -0.05) is 29.3 Å². The van der Waals surface area contributed by atoms with Gasteiger partial charge in [-0.15, -0.1) is 0 Å². The second-order valence-corrected chi connectivity index (χ2v) is 7.20. The Bertz CT molecular complexity index is 962. The van der Waals surface area contributed by atoms with Crippen molar-refractivity contribution in [2.24, 2.45) is 0 Å². The number of nitrogens with zero attached hydrogens (tertiary/aromatic N) is 1. The number of carbonyl (C=O) groups excluding carboxylic acids is 1. The van der Waals surface area contributed by atoms with Crippen LogP contribution in [0.3, 0.4) is 0 Å². The van der Waals surface area contributed by atoms with Crippen molar-refractivity contribution in [1.29, 1.82) is 0 Å². The fourth-order valence-corrected chi connectivity index (χ4v) is 3.56. The highest BCUT2D eigenvalue weighted by Gasteiger charge is 2.29. The number of carbonyl (C=O) groups is 1. The Kier molecular flexibility index (Phi) is 6.44. The summed E-state index contributed by atoms with van der Waals surface area (Å²) in [6, 6.07) is 10.6. The summed E-state index contributed by atoms with van der Waals surface area (Å²) in [5.41, 5.74) is 2.06. The van der Waals surface area contributed by atoms with E-state index in [-0.39, 0.29) is 12.5 Å². The van der Waals surface area contributed by atoms with E-state index in [1.807, 2.05) is 25.1 Å². The Balaban J connectivity index is 1.83. The van der Waals surface area contributed by atoms with Crippen molar-refractivity contribution in [3.8, 4) is 11.5 Å². The van der Waals surface area contributed by atoms with Crippen LogP contribution in [0.4, 0.5) is 0 Å². The SMILES string of the molecule is CCN1C(=O)/C(=C\c2ccc(OC)c(COc3ccc(Cl)cc3Cl)c2)NC1=S. The first kappa shape index (κ1) is 20.5. The number of benzene rings is 2. The van der Waals surface area contributed by atoms with Crippen LogP contribution < -0.4 is 14.8 Å². The average molecular weight is 437 g/mol. The normalized spacial score (nSPS) is 15.1. The molecule has 28 heavy (non-hydrogen) atoms. The molecule has 1 amide bonds. The minimum absolute atomic E-state index is 0.144. The van der Waals surface area contributed by atoms with Crippen molar-refractivity contribution < 1.29 is 14.3 Å². The highest BCUT2D eigenvalue weighted by atomic mass is 35.5. The molecule has 146 valence electrons. The van der Waals surface area contributed by atoms with Gasteiger partial charge in [0.1, 0.15) is 23.8 Å². The molecule has 0 aromatic heterocycles. The predicted molar refractivity (Wildman–Crippen MR) is 115 cm³/mol. The number of nitrogens with one attached hydrogen (secondary N) is 1. The Hall–Kier alpha value is -2.28. The van der Waals surface area contributed by atoms with Crippen LogP contribution in [0.15, 0.2) is 42.1 Å². The molecule has 1 saturated heterocycles. The monoisotopic (exact) mass is 436 g/mol. The molecule has 2 aromatic carbocycles. The van der Waals surface area contributed by atoms with Crippen LogP contribution in [0.25, 0.3) is 6.08 Å². The summed E-state index contributed by atoms with van der Waals surface area (Å²) in [5.74, 6) is 1.05. The summed E-state index contributed by atoms with van der Waals surface area (Å²) in [6.07, 6.45) is 1.75. The molecule has 1 fully saturated rings. The highest BCUT2D eigenvalue weighted by molar-refractivity contribution is 7.80. The number of amides is 1. The van der Waals surface area contributed by atoms with Crippen LogP contribution in [0.5, 0.6) is 11.5 Å². The van der Waals surface area contributed by atoms with Gasteiger partial charge < -0.3 is 14.8 Å². The maximum Gasteiger partial charge on any atom is 0.276 e. The quantitative estimate of drug-likeness (QED) is 0.527. The van der Waals surface area contributed by atoms with Crippen LogP contribution >= 0.6 is 35.4 Å². The smallest absolute Gasteiger partial charge is 0.276 e. The first-order valence-corrected chi connectivity index (χ1v) is 9.68. The minimum atomic E-state index is -0.144. The second kappa shape index (κ2) is 8.82. The number of methoxy groups -OCH3 is 1. The van der Waals surface area contributed by atoms with Gasteiger partial charge in [0.05, 0.1) is 12.1 Å². The molecule has 0 unspecified atom stereocenters. The lowest BCUT2D eigenvalue weighted by molar-refractivity contribution is -0.122. The highest BCUT2D eigenvalue weighted by Crippen LogP contribution is 2.30. The molecule has 2 aromatic rings. The number of likely N-dealkylation sites (N-methyl/N-ethyl adjacent to an activating group) is 1. The van der Waals surface area contributed by atoms with Crippen molar-refractivity contribution in [3.05, 3.63) is 63.3 Å². The molecule has 0 saturated carbocycles. The van der Waals surface area contributed by atoms with Crippen LogP contribution in [-0.4, -0.2) is 29.6 Å². The predicted octanol–water partition coefficient (Wildman–Crippen LogP) is 4.66. The molecular formula is C20H18Cl2N2O3S. The van der Waals surface area contributed by atoms with Crippen molar-refractivity contribution in [2.75, 3.05) is 13.7 Å². The van der Waals surface area contributed by atoms with Gasteiger partial charge >= 0.3 is 0 Å². The van der Waals surface area contributed by atoms with E-state index >= 15 is 0 Å². The fraction of sp³-hybridized carbons (Fsp3) is 0.200. The topological polar surface area (TPSA) is 50.8 Å². The van der Waals surface area contributed by atoms with Gasteiger partial charge in [-0.25, -0.2) is 0 Å². The molecule has 1 N–H and O–H groups in total. The number of rotatable bonds is 6. The van der Waals surface area contributed by atoms with E-state index < -0.39 is 0 Å². The summed E-state index contributed by atoms with van der Waals surface area (Å²) in [5, 5.41) is 4.33. The van der Waals surface area contributed by atoms with Gasteiger partial charge in [0.25, 0.3) is 5.91 Å². The first-order valence-electron chi connectivity index (χ1n) is 8.52. The zero-order valence-corrected chi connectivity index (χ0v) is 17.6. The summed E-state index contributed by atoms with van der Waals surface area (Å²) < 4.78 is 11.2. The second-order valence-electron chi connectivity index (χ2n) is 5.97. The Morgan fingerprint density at radius 1 is 1.18 bits per heavy atom. The van der Waals surface area contributed by atoms with Gasteiger partial charge in [0.2, 0.25) is 0 Å². The largest absolute Gasteiger partial charge is 0.496 e. The lowest BCUT2D eigenvalue weighted by atomic mass is 10.1. The minimum Gasteiger partial charge on any atom is -0.496 e. The van der Waals surface area contributed by atoms with E-state index in [1.165, 1.54) is 4.90 Å². The molecule has 0 bridgehead atoms. The number of hydrogen-bond donors (Lipinski definition) is 1. The molecule has 3 rings (SSSR count). The standard InChI is InChI=1S/C20H18Cl2N2O3S/c1-3-24-19(25)16(23-20(24)28)9-12-4-6-17(26-2)13(8-12)11-27-18-7-5-14(21)10-15(18)22/h4-10H,3,11H2,1-2H3,(H,23,28)/b16-9+. The van der Waals surface area contributed by atoms with Gasteiger partial charge in [-0.2, -0.15) is 0 Å². The Morgan fingerprint density at radius 3 is 2.57 bits per heavy atom. The lowest BCUT2D eigenvalue weighted by Gasteiger charge is -2.12. The Morgan fingerprint density at radius 2 is 1.93 bits per heavy atom. The lowest BCUT2D eigenvalue weighted by Crippen LogP contribution is -2.30. The van der Waals surface area contributed by atoms with Crippen LogP contribution in [-0.2, 0) is 11.4 Å². The van der Waals surface area contributed by atoms with Crippen LogP contribution in [0.1, 0.15) is 18.1 Å². The van der Waals surface area contributed by atoms with E-state index in [4.69, 9.17) is 44.9 Å². The fourth-order valence-electron chi connectivity index (χ4n) is 2.77. The molecule has 0 atom stereocenters. The molecule has 0 aliphatic carbocycles. The molecule has 8 heteroatoms. The van der Waals surface area contributed by atoms with E-state index in [0.29, 0.717) is 38.9 Å². The van der Waals surface area contributed by atoms with Crippen LogP contribution in [0.2, 0.25) is 10.0 Å². The average Bonchev–Trinajstić information content (AvgIpc) is 2.93. The van der Waals surface area contributed by atoms with Crippen molar-refractivity contribution >= 4 is 52.5 Å². The third kappa shape index (κ3) is 4.41. The molecule has 1 aliphatic heterocycles. The van der Waals surface area contributed by atoms with Gasteiger partial charge in [0.15, 0.2) is 5.11 Å². The Labute approximate surface area is 178 Å². The van der Waals surface area contributed by atoms with E-state index in [0.717, 1.165) is 11.1 Å². The molecule has 0 spiro atoms. The summed E-state index contributed by atoms with van der Waals surface area (Å²) in [7, 11) is 1.59. The van der Waals surface area contributed by atoms with Crippen molar-refractivity contribution in [2.45, 2.75) is 13.5 Å². The molecule has 1 heterocycles. The number of halogens is 2. The molecule has 0 radical (unpaired) electrons. The number of ether oxygens (including phenoxy) is 2. The zero-order chi connectivity index (χ0) is 20.3. The van der Waals surface area contributed by atoms with Gasteiger partial charge in [-0.05, 0) is 61.1 Å². The van der Waals surface area contributed by atoms with E-state index in [2.05, 4.69) is 5.32 Å². The third-order valence-corrected chi connectivity index (χ3v) is 5.02. The zero-order valence-electron chi connectivity index (χ0n) is 15.3. The van der Waals surface area contributed by atoms with E-state index in [1.54, 1.807) is 31.4 Å². The maximum atomic E-state index is 12.4. The van der Waals surface area contributed by atoms with Crippen molar-refractivity contribution in [3.63, 3.8) is 0 Å². The molecular weight excluding hydrogens is 419 g/mol. The third-order valence-electron chi connectivity index (χ3n) is 4.17. The number of hydrogen-bond acceptors (Lipinski definition) is 4. The number of thiocarbonyl (C=S) groups is 1. The summed E-state index contributed by atoms with van der Waals surface area (Å²) in [4.78, 5) is 13.9. The molecule has 1 aliphatic rings.